The lowest BCUT2D eigenvalue weighted by molar-refractivity contribution is 0.578. The van der Waals surface area contributed by atoms with Crippen molar-refractivity contribution in [3.63, 3.8) is 0 Å². The highest BCUT2D eigenvalue weighted by atomic mass is 79.9. The first kappa shape index (κ1) is 14.6. The number of aromatic amines is 1. The van der Waals surface area contributed by atoms with Crippen molar-refractivity contribution in [1.29, 1.82) is 0 Å². The van der Waals surface area contributed by atoms with Crippen LogP contribution in [0.2, 0.25) is 5.02 Å². The largest absolute Gasteiger partial charge is 0.330 e. The summed E-state index contributed by atoms with van der Waals surface area (Å²) < 4.78 is 42.5. The molecule has 0 atom stereocenters. The molecule has 0 aliphatic rings. The number of H-pyrrole nitrogens is 1. The van der Waals surface area contributed by atoms with Crippen LogP contribution in [0.3, 0.4) is 0 Å². The first-order valence-corrected chi connectivity index (χ1v) is 7.21. The second-order valence-corrected chi connectivity index (χ2v) is 5.92. The lowest BCUT2D eigenvalue weighted by Gasteiger charge is -2.09. The molecule has 1 heterocycles. The van der Waals surface area contributed by atoms with E-state index in [2.05, 4.69) is 20.9 Å². The van der Waals surface area contributed by atoms with Crippen molar-refractivity contribution < 1.29 is 13.2 Å². The zero-order chi connectivity index (χ0) is 15.3. The van der Waals surface area contributed by atoms with Crippen molar-refractivity contribution in [2.75, 3.05) is 0 Å². The Morgan fingerprint density at radius 3 is 2.48 bits per heavy atom. The third-order valence-corrected chi connectivity index (χ3v) is 4.11. The fraction of sp³-hybridized carbons (Fsp3) is 0. The first-order valence-electron chi connectivity index (χ1n) is 5.63. The number of imidazole rings is 1. The third kappa shape index (κ3) is 2.39. The Labute approximate surface area is 135 Å². The monoisotopic (exact) mass is 392 g/mol. The molecule has 0 aliphatic carbocycles. The maximum atomic E-state index is 14.1. The van der Waals surface area contributed by atoms with Crippen LogP contribution in [-0.4, -0.2) is 9.55 Å². The van der Waals surface area contributed by atoms with Gasteiger partial charge in [-0.3, -0.25) is 4.57 Å². The summed E-state index contributed by atoms with van der Waals surface area (Å²) in [6, 6.07) is 4.32. The fourth-order valence-electron chi connectivity index (χ4n) is 2.07. The van der Waals surface area contributed by atoms with E-state index in [-0.39, 0.29) is 20.0 Å². The number of fused-ring (bicyclic) bond motifs is 1. The fourth-order valence-corrected chi connectivity index (χ4v) is 2.99. The van der Waals surface area contributed by atoms with Crippen LogP contribution >= 0.6 is 39.7 Å². The molecule has 0 unspecified atom stereocenters. The van der Waals surface area contributed by atoms with E-state index in [0.29, 0.717) is 17.1 Å². The molecular formula is C13H5BrClF3N2S. The van der Waals surface area contributed by atoms with Gasteiger partial charge in [0.05, 0.1) is 20.5 Å². The molecule has 0 amide bonds. The Kier molecular flexibility index (Phi) is 3.59. The maximum Gasteiger partial charge on any atom is 0.182 e. The average Bonchev–Trinajstić information content (AvgIpc) is 2.66. The van der Waals surface area contributed by atoms with Gasteiger partial charge < -0.3 is 4.98 Å². The molecule has 3 aromatic rings. The van der Waals surface area contributed by atoms with Gasteiger partial charge in [0, 0.05) is 12.1 Å². The summed E-state index contributed by atoms with van der Waals surface area (Å²) in [4.78, 5) is 2.82. The number of nitrogens with zero attached hydrogens (tertiary/aromatic N) is 1. The van der Waals surface area contributed by atoms with Gasteiger partial charge in [-0.05, 0) is 40.3 Å². The van der Waals surface area contributed by atoms with E-state index < -0.39 is 17.5 Å². The summed E-state index contributed by atoms with van der Waals surface area (Å²) in [5.74, 6) is -2.23. The summed E-state index contributed by atoms with van der Waals surface area (Å²) in [5, 5.41) is -0.159. The van der Waals surface area contributed by atoms with Crippen molar-refractivity contribution in [2.24, 2.45) is 0 Å². The predicted octanol–water partition coefficient (Wildman–Crippen LogP) is 5.52. The zero-order valence-electron chi connectivity index (χ0n) is 10.1. The molecule has 0 saturated heterocycles. The standard InChI is InChI=1S/C13H5BrClF3N2S/c14-6-3-10-11(4-8(6)17)20(13(21)19-10)12-7(15)1-5(16)2-9(12)18/h1-4H,(H,19,21). The lowest BCUT2D eigenvalue weighted by atomic mass is 10.2. The van der Waals surface area contributed by atoms with Crippen LogP contribution in [-0.2, 0) is 0 Å². The Morgan fingerprint density at radius 1 is 1.10 bits per heavy atom. The Hall–Kier alpha value is -1.31. The lowest BCUT2D eigenvalue weighted by Crippen LogP contribution is -2.00. The van der Waals surface area contributed by atoms with Crippen LogP contribution in [0.4, 0.5) is 13.2 Å². The molecule has 1 aromatic heterocycles. The second kappa shape index (κ2) is 5.15. The molecule has 0 saturated carbocycles. The molecule has 0 radical (unpaired) electrons. The zero-order valence-corrected chi connectivity index (χ0v) is 13.2. The quantitative estimate of drug-likeness (QED) is 0.540. The Morgan fingerprint density at radius 2 is 1.81 bits per heavy atom. The molecule has 2 aromatic carbocycles. The van der Waals surface area contributed by atoms with Crippen LogP contribution in [0.5, 0.6) is 0 Å². The van der Waals surface area contributed by atoms with Gasteiger partial charge in [0.15, 0.2) is 10.6 Å². The molecule has 8 heteroatoms. The molecule has 0 aliphatic heterocycles. The number of hydrogen-bond donors (Lipinski definition) is 1. The third-order valence-electron chi connectivity index (χ3n) is 2.93. The van der Waals surface area contributed by atoms with Crippen LogP contribution < -0.4 is 0 Å². The summed E-state index contributed by atoms with van der Waals surface area (Å²) in [7, 11) is 0. The topological polar surface area (TPSA) is 20.7 Å². The van der Waals surface area contributed by atoms with Gasteiger partial charge in [0.25, 0.3) is 0 Å². The number of rotatable bonds is 1. The Balaban J connectivity index is 2.44. The second-order valence-electron chi connectivity index (χ2n) is 4.27. The molecule has 0 bridgehead atoms. The van der Waals surface area contributed by atoms with Gasteiger partial charge >= 0.3 is 0 Å². The number of hydrogen-bond acceptors (Lipinski definition) is 1. The van der Waals surface area contributed by atoms with Gasteiger partial charge in [0.1, 0.15) is 17.3 Å². The first-order chi connectivity index (χ1) is 9.88. The van der Waals surface area contributed by atoms with Gasteiger partial charge in [-0.2, -0.15) is 0 Å². The smallest absolute Gasteiger partial charge is 0.182 e. The van der Waals surface area contributed by atoms with Crippen molar-refractivity contribution in [3.8, 4) is 5.69 Å². The Bertz CT molecular complexity index is 912. The summed E-state index contributed by atoms with van der Waals surface area (Å²) in [5.41, 5.74) is 0.664. The normalized spacial score (nSPS) is 11.3. The highest BCUT2D eigenvalue weighted by molar-refractivity contribution is 9.10. The number of aromatic nitrogens is 2. The predicted molar refractivity (Wildman–Crippen MR) is 81.0 cm³/mol. The maximum absolute atomic E-state index is 14.1. The molecule has 1 N–H and O–H groups in total. The highest BCUT2D eigenvalue weighted by Crippen LogP contribution is 2.30. The van der Waals surface area contributed by atoms with E-state index in [1.54, 1.807) is 0 Å². The summed E-state index contributed by atoms with van der Waals surface area (Å²) in [6.07, 6.45) is 0. The molecule has 108 valence electrons. The molecule has 21 heavy (non-hydrogen) atoms. The van der Waals surface area contributed by atoms with E-state index in [9.17, 15) is 13.2 Å². The van der Waals surface area contributed by atoms with Gasteiger partial charge in [-0.25, -0.2) is 13.2 Å². The van der Waals surface area contributed by atoms with Crippen molar-refractivity contribution in [3.05, 3.63) is 56.0 Å². The van der Waals surface area contributed by atoms with Crippen molar-refractivity contribution in [2.45, 2.75) is 0 Å². The molecule has 2 nitrogen and oxygen atoms in total. The SMILES string of the molecule is Fc1cc(F)c(-n2c(=S)[nH]c3cc(Br)c(F)cc32)c(Cl)c1. The van der Waals surface area contributed by atoms with Gasteiger partial charge in [0.2, 0.25) is 0 Å². The number of benzene rings is 2. The van der Waals surface area contributed by atoms with Crippen LogP contribution in [0.1, 0.15) is 0 Å². The van der Waals surface area contributed by atoms with E-state index in [1.807, 2.05) is 0 Å². The minimum Gasteiger partial charge on any atom is -0.330 e. The summed E-state index contributed by atoms with van der Waals surface area (Å²) in [6.45, 7) is 0. The van der Waals surface area contributed by atoms with E-state index in [4.69, 9.17) is 23.8 Å². The average molecular weight is 394 g/mol. The van der Waals surface area contributed by atoms with E-state index in [0.717, 1.165) is 6.07 Å². The van der Waals surface area contributed by atoms with Crippen LogP contribution in [0.25, 0.3) is 16.7 Å². The molecule has 0 fully saturated rings. The van der Waals surface area contributed by atoms with E-state index >= 15 is 0 Å². The minimum absolute atomic E-state index is 0.120. The van der Waals surface area contributed by atoms with Gasteiger partial charge in [-0.1, -0.05) is 11.6 Å². The van der Waals surface area contributed by atoms with Crippen molar-refractivity contribution >= 4 is 50.8 Å². The molecular weight excluding hydrogens is 389 g/mol. The molecule has 0 spiro atoms. The van der Waals surface area contributed by atoms with Crippen LogP contribution in [0, 0.1) is 22.2 Å². The molecule has 3 rings (SSSR count). The van der Waals surface area contributed by atoms with E-state index in [1.165, 1.54) is 16.7 Å². The number of halogens is 5. The highest BCUT2D eigenvalue weighted by Gasteiger charge is 2.17. The summed E-state index contributed by atoms with van der Waals surface area (Å²) >= 11 is 14.1. The number of nitrogens with one attached hydrogen (secondary N) is 1. The van der Waals surface area contributed by atoms with Crippen molar-refractivity contribution in [1.82, 2.24) is 9.55 Å². The minimum atomic E-state index is -0.889. The van der Waals surface area contributed by atoms with Gasteiger partial charge in [-0.15, -0.1) is 0 Å². The van der Waals surface area contributed by atoms with Crippen LogP contribution in [0.15, 0.2) is 28.7 Å².